The van der Waals surface area contributed by atoms with Crippen molar-refractivity contribution in [2.45, 2.75) is 13.3 Å². The summed E-state index contributed by atoms with van der Waals surface area (Å²) in [5.41, 5.74) is 5.54. The van der Waals surface area contributed by atoms with Crippen molar-refractivity contribution >= 4 is 11.8 Å². The number of hydrogen-bond acceptors (Lipinski definition) is 4. The molecule has 23 heavy (non-hydrogen) atoms. The maximum absolute atomic E-state index is 11.8. The maximum Gasteiger partial charge on any atom is 0.276 e. The molecule has 0 fully saturated rings. The van der Waals surface area contributed by atoms with Crippen LogP contribution in [0.25, 0.3) is 0 Å². The lowest BCUT2D eigenvalue weighted by atomic mass is 10.1. The second-order valence-electron chi connectivity index (χ2n) is 4.77. The van der Waals surface area contributed by atoms with Gasteiger partial charge in [0, 0.05) is 0 Å². The molecule has 0 bridgehead atoms. The molecule has 0 heterocycles. The van der Waals surface area contributed by atoms with Crippen LogP contribution in [0, 0.1) is 0 Å². The van der Waals surface area contributed by atoms with Crippen LogP contribution in [-0.4, -0.2) is 23.5 Å². The Balaban J connectivity index is 1.84. The molecule has 2 aromatic rings. The second kappa shape index (κ2) is 7.84. The zero-order chi connectivity index (χ0) is 16.7. The first-order valence-electron chi connectivity index (χ1n) is 7.19. The SMILES string of the molecule is CCc1ccccc1OCC(=O)NNC(=O)c1ccccc1O. The molecule has 0 spiro atoms. The summed E-state index contributed by atoms with van der Waals surface area (Å²) in [6.07, 6.45) is 0.793. The summed E-state index contributed by atoms with van der Waals surface area (Å²) in [5.74, 6) is -0.630. The molecule has 3 N–H and O–H groups in total. The number of aromatic hydroxyl groups is 1. The van der Waals surface area contributed by atoms with Crippen molar-refractivity contribution in [3.05, 3.63) is 59.7 Å². The maximum atomic E-state index is 11.8. The van der Waals surface area contributed by atoms with Gasteiger partial charge >= 0.3 is 0 Å². The predicted octanol–water partition coefficient (Wildman–Crippen LogP) is 1.79. The Labute approximate surface area is 134 Å². The number of ether oxygens (including phenoxy) is 1. The molecule has 0 aliphatic rings. The number of aryl methyl sites for hydroxylation is 1. The Kier molecular flexibility index (Phi) is 5.57. The minimum atomic E-state index is -0.606. The predicted molar refractivity (Wildman–Crippen MR) is 85.0 cm³/mol. The average Bonchev–Trinajstić information content (AvgIpc) is 2.58. The Hall–Kier alpha value is -3.02. The van der Waals surface area contributed by atoms with Gasteiger partial charge in [0.05, 0.1) is 5.56 Å². The fraction of sp³-hybridized carbons (Fsp3) is 0.176. The number of hydrazine groups is 1. The number of carbonyl (C=O) groups is 2. The summed E-state index contributed by atoms with van der Waals surface area (Å²) < 4.78 is 5.44. The molecule has 0 radical (unpaired) electrons. The van der Waals surface area contributed by atoms with Crippen LogP contribution in [0.4, 0.5) is 0 Å². The lowest BCUT2D eigenvalue weighted by Crippen LogP contribution is -2.43. The van der Waals surface area contributed by atoms with E-state index in [4.69, 9.17) is 4.74 Å². The summed E-state index contributed by atoms with van der Waals surface area (Å²) in [4.78, 5) is 23.5. The first-order chi connectivity index (χ1) is 11.1. The molecular formula is C17H18N2O4. The van der Waals surface area contributed by atoms with Gasteiger partial charge in [-0.05, 0) is 30.2 Å². The Morgan fingerprint density at radius 2 is 1.74 bits per heavy atom. The normalized spacial score (nSPS) is 9.96. The molecule has 0 saturated heterocycles. The molecule has 0 saturated carbocycles. The molecule has 120 valence electrons. The van der Waals surface area contributed by atoms with Gasteiger partial charge in [0.25, 0.3) is 11.8 Å². The van der Waals surface area contributed by atoms with Gasteiger partial charge in [0.1, 0.15) is 11.5 Å². The molecule has 0 aromatic heterocycles. The average molecular weight is 314 g/mol. The molecule has 2 amide bonds. The number of phenols is 1. The van der Waals surface area contributed by atoms with Crippen molar-refractivity contribution in [2.24, 2.45) is 0 Å². The third kappa shape index (κ3) is 4.47. The molecule has 2 aromatic carbocycles. The van der Waals surface area contributed by atoms with Gasteiger partial charge in [-0.1, -0.05) is 37.3 Å². The first-order valence-corrected chi connectivity index (χ1v) is 7.19. The van der Waals surface area contributed by atoms with Crippen molar-refractivity contribution < 1.29 is 19.4 Å². The highest BCUT2D eigenvalue weighted by Crippen LogP contribution is 2.18. The van der Waals surface area contributed by atoms with Crippen LogP contribution >= 0.6 is 0 Å². The second-order valence-corrected chi connectivity index (χ2v) is 4.77. The zero-order valence-corrected chi connectivity index (χ0v) is 12.7. The van der Waals surface area contributed by atoms with Crippen LogP contribution in [-0.2, 0) is 11.2 Å². The van der Waals surface area contributed by atoms with E-state index in [9.17, 15) is 14.7 Å². The van der Waals surface area contributed by atoms with Gasteiger partial charge in [-0.25, -0.2) is 0 Å². The van der Waals surface area contributed by atoms with Gasteiger partial charge < -0.3 is 9.84 Å². The summed E-state index contributed by atoms with van der Waals surface area (Å²) in [5, 5.41) is 9.56. The fourth-order valence-electron chi connectivity index (χ4n) is 1.98. The Bertz CT molecular complexity index is 700. The topological polar surface area (TPSA) is 87.7 Å². The number of phenolic OH excluding ortho intramolecular Hbond substituents is 1. The largest absolute Gasteiger partial charge is 0.507 e. The van der Waals surface area contributed by atoms with Gasteiger partial charge in [-0.3, -0.25) is 20.4 Å². The van der Waals surface area contributed by atoms with E-state index in [1.807, 2.05) is 25.1 Å². The van der Waals surface area contributed by atoms with Gasteiger partial charge in [-0.15, -0.1) is 0 Å². The summed E-state index contributed by atoms with van der Waals surface area (Å²) in [6, 6.07) is 13.5. The van der Waals surface area contributed by atoms with Crippen molar-refractivity contribution in [2.75, 3.05) is 6.61 Å². The number of amides is 2. The number of benzene rings is 2. The van der Waals surface area contributed by atoms with Gasteiger partial charge in [0.15, 0.2) is 6.61 Å². The number of nitrogens with one attached hydrogen (secondary N) is 2. The van der Waals surface area contributed by atoms with Crippen LogP contribution in [0.2, 0.25) is 0 Å². The van der Waals surface area contributed by atoms with Crippen LogP contribution in [0.15, 0.2) is 48.5 Å². The van der Waals surface area contributed by atoms with Gasteiger partial charge in [-0.2, -0.15) is 0 Å². The number of carbonyl (C=O) groups excluding carboxylic acids is 2. The molecule has 0 unspecified atom stereocenters. The van der Waals surface area contributed by atoms with Crippen molar-refractivity contribution in [3.63, 3.8) is 0 Å². The molecule has 0 aliphatic heterocycles. The van der Waals surface area contributed by atoms with E-state index in [-0.39, 0.29) is 17.9 Å². The van der Waals surface area contributed by atoms with Gasteiger partial charge in [0.2, 0.25) is 0 Å². The zero-order valence-electron chi connectivity index (χ0n) is 12.7. The smallest absolute Gasteiger partial charge is 0.276 e. The van der Waals surface area contributed by atoms with E-state index in [0.717, 1.165) is 12.0 Å². The van der Waals surface area contributed by atoms with Crippen molar-refractivity contribution in [3.8, 4) is 11.5 Å². The van der Waals surface area contributed by atoms with E-state index in [2.05, 4.69) is 10.9 Å². The highest BCUT2D eigenvalue weighted by molar-refractivity contribution is 5.97. The van der Waals surface area contributed by atoms with E-state index < -0.39 is 11.8 Å². The summed E-state index contributed by atoms with van der Waals surface area (Å²) >= 11 is 0. The minimum absolute atomic E-state index is 0.0741. The summed E-state index contributed by atoms with van der Waals surface area (Å²) in [7, 11) is 0. The van der Waals surface area contributed by atoms with Crippen molar-refractivity contribution in [1.82, 2.24) is 10.9 Å². The quantitative estimate of drug-likeness (QED) is 0.734. The summed E-state index contributed by atoms with van der Waals surface area (Å²) in [6.45, 7) is 1.77. The van der Waals surface area contributed by atoms with Crippen LogP contribution in [0.1, 0.15) is 22.8 Å². The first kappa shape index (κ1) is 16.4. The van der Waals surface area contributed by atoms with E-state index >= 15 is 0 Å². The molecular weight excluding hydrogens is 296 g/mol. The third-order valence-corrected chi connectivity index (χ3v) is 3.18. The van der Waals surface area contributed by atoms with E-state index in [0.29, 0.717) is 5.75 Å². The van der Waals surface area contributed by atoms with Crippen LogP contribution < -0.4 is 15.6 Å². The highest BCUT2D eigenvalue weighted by atomic mass is 16.5. The molecule has 6 nitrogen and oxygen atoms in total. The number of rotatable bonds is 5. The van der Waals surface area contributed by atoms with E-state index in [1.54, 1.807) is 18.2 Å². The van der Waals surface area contributed by atoms with Crippen molar-refractivity contribution in [1.29, 1.82) is 0 Å². The van der Waals surface area contributed by atoms with Crippen LogP contribution in [0.5, 0.6) is 11.5 Å². The Morgan fingerprint density at radius 3 is 2.48 bits per heavy atom. The standard InChI is InChI=1S/C17H18N2O4/c1-2-12-7-3-6-10-15(12)23-11-16(21)18-19-17(22)13-8-4-5-9-14(13)20/h3-10,20H,2,11H2,1H3,(H,18,21)(H,19,22). The van der Waals surface area contributed by atoms with E-state index in [1.165, 1.54) is 12.1 Å². The minimum Gasteiger partial charge on any atom is -0.507 e. The van der Waals surface area contributed by atoms with Crippen LogP contribution in [0.3, 0.4) is 0 Å². The highest BCUT2D eigenvalue weighted by Gasteiger charge is 2.11. The monoisotopic (exact) mass is 314 g/mol. The fourth-order valence-corrected chi connectivity index (χ4v) is 1.98. The molecule has 0 aliphatic carbocycles. The lowest BCUT2D eigenvalue weighted by Gasteiger charge is -2.11. The molecule has 6 heteroatoms. The third-order valence-electron chi connectivity index (χ3n) is 3.18. The lowest BCUT2D eigenvalue weighted by molar-refractivity contribution is -0.123. The Morgan fingerprint density at radius 1 is 1.04 bits per heavy atom. The molecule has 2 rings (SSSR count). The number of para-hydroxylation sites is 2. The number of hydrogen-bond donors (Lipinski definition) is 3. The molecule has 0 atom stereocenters.